The number of nitrogens with zero attached hydrogens (tertiary/aromatic N) is 2. The van der Waals surface area contributed by atoms with Gasteiger partial charge in [0.2, 0.25) is 0 Å². The third-order valence-corrected chi connectivity index (χ3v) is 6.42. The normalized spacial score (nSPS) is 10.9. The zero-order valence-corrected chi connectivity index (χ0v) is 19.1. The van der Waals surface area contributed by atoms with Crippen LogP contribution >= 0.6 is 34.5 Å². The van der Waals surface area contributed by atoms with Crippen molar-refractivity contribution in [2.24, 2.45) is 0 Å². The standard InChI is InChI=1S/C25H17Cl2N3OS/c26-19-11-9-16(10-12-19)23-24(17-5-2-1-3-6-17)32-25(29-23)28-15-21-14-22(30-31-21)18-7-4-8-20(27)13-18/h1-14H,15H2,(H,28,29). The predicted octanol–water partition coefficient (Wildman–Crippen LogP) is 8.05. The molecular formula is C25H17Cl2N3OS. The summed E-state index contributed by atoms with van der Waals surface area (Å²) in [5.41, 5.74) is 4.71. The van der Waals surface area contributed by atoms with Gasteiger partial charge in [0.05, 0.1) is 17.1 Å². The van der Waals surface area contributed by atoms with Gasteiger partial charge in [-0.25, -0.2) is 4.98 Å². The number of hydrogen-bond donors (Lipinski definition) is 1. The fraction of sp³-hybridized carbons (Fsp3) is 0.0400. The van der Waals surface area contributed by atoms with E-state index in [-0.39, 0.29) is 0 Å². The minimum atomic E-state index is 0.468. The third kappa shape index (κ3) is 4.55. The maximum Gasteiger partial charge on any atom is 0.184 e. The van der Waals surface area contributed by atoms with Crippen molar-refractivity contribution in [1.82, 2.24) is 10.1 Å². The molecule has 2 heterocycles. The minimum absolute atomic E-state index is 0.468. The summed E-state index contributed by atoms with van der Waals surface area (Å²) in [6, 6.07) is 27.4. The summed E-state index contributed by atoms with van der Waals surface area (Å²) in [6.07, 6.45) is 0. The monoisotopic (exact) mass is 477 g/mol. The molecule has 0 radical (unpaired) electrons. The van der Waals surface area contributed by atoms with Gasteiger partial charge in [-0.3, -0.25) is 0 Å². The molecule has 2 aromatic heterocycles. The van der Waals surface area contributed by atoms with E-state index < -0.39 is 0 Å². The molecule has 7 heteroatoms. The molecule has 0 bridgehead atoms. The molecular weight excluding hydrogens is 461 g/mol. The second-order valence-corrected chi connectivity index (χ2v) is 8.98. The van der Waals surface area contributed by atoms with Crippen molar-refractivity contribution in [2.45, 2.75) is 6.54 Å². The topological polar surface area (TPSA) is 51.0 Å². The molecule has 1 N–H and O–H groups in total. The Labute approximate surface area is 199 Å². The molecule has 0 unspecified atom stereocenters. The average molecular weight is 478 g/mol. The van der Waals surface area contributed by atoms with Gasteiger partial charge in [0.1, 0.15) is 5.69 Å². The molecule has 0 saturated carbocycles. The Balaban J connectivity index is 1.40. The van der Waals surface area contributed by atoms with Crippen molar-refractivity contribution in [2.75, 3.05) is 5.32 Å². The quantitative estimate of drug-likeness (QED) is 0.268. The molecule has 0 atom stereocenters. The highest BCUT2D eigenvalue weighted by molar-refractivity contribution is 7.19. The van der Waals surface area contributed by atoms with Crippen LogP contribution in [0.3, 0.4) is 0 Å². The lowest BCUT2D eigenvalue weighted by molar-refractivity contribution is 0.390. The SMILES string of the molecule is Clc1ccc(-c2nc(NCc3cc(-c4cccc(Cl)c4)no3)sc2-c2ccccc2)cc1. The van der Waals surface area contributed by atoms with E-state index in [1.54, 1.807) is 11.3 Å². The fourth-order valence-corrected chi connectivity index (χ4v) is 4.63. The van der Waals surface area contributed by atoms with Gasteiger partial charge in [-0.05, 0) is 29.8 Å². The first-order chi connectivity index (χ1) is 15.7. The van der Waals surface area contributed by atoms with Gasteiger partial charge < -0.3 is 9.84 Å². The summed E-state index contributed by atoms with van der Waals surface area (Å²) < 4.78 is 5.51. The highest BCUT2D eigenvalue weighted by Gasteiger charge is 2.16. The lowest BCUT2D eigenvalue weighted by atomic mass is 10.1. The Morgan fingerprint density at radius 2 is 1.56 bits per heavy atom. The first kappa shape index (κ1) is 20.8. The second-order valence-electron chi connectivity index (χ2n) is 7.11. The summed E-state index contributed by atoms with van der Waals surface area (Å²) in [6.45, 7) is 0.468. The van der Waals surface area contributed by atoms with Crippen LogP contribution in [0.1, 0.15) is 5.76 Å². The zero-order chi connectivity index (χ0) is 21.9. The van der Waals surface area contributed by atoms with E-state index in [2.05, 4.69) is 22.6 Å². The molecule has 0 amide bonds. The number of halogens is 2. The van der Waals surface area contributed by atoms with Crippen molar-refractivity contribution in [3.8, 4) is 33.0 Å². The predicted molar refractivity (Wildman–Crippen MR) is 132 cm³/mol. The van der Waals surface area contributed by atoms with Crippen LogP contribution in [-0.4, -0.2) is 10.1 Å². The molecule has 0 fully saturated rings. The highest BCUT2D eigenvalue weighted by Crippen LogP contribution is 2.39. The third-order valence-electron chi connectivity index (χ3n) is 4.87. The van der Waals surface area contributed by atoms with E-state index in [4.69, 9.17) is 32.7 Å². The highest BCUT2D eigenvalue weighted by atomic mass is 35.5. The molecule has 0 saturated heterocycles. The molecule has 4 nitrogen and oxygen atoms in total. The first-order valence-electron chi connectivity index (χ1n) is 9.93. The van der Waals surface area contributed by atoms with Gasteiger partial charge in [0.25, 0.3) is 0 Å². The summed E-state index contributed by atoms with van der Waals surface area (Å²) in [5, 5.41) is 9.70. The number of hydrogen-bond acceptors (Lipinski definition) is 5. The molecule has 5 rings (SSSR count). The van der Waals surface area contributed by atoms with Crippen LogP contribution in [-0.2, 0) is 6.54 Å². The maximum atomic E-state index is 6.08. The molecule has 0 aliphatic carbocycles. The van der Waals surface area contributed by atoms with Crippen LogP contribution in [0.5, 0.6) is 0 Å². The Hall–Kier alpha value is -3.12. The first-order valence-corrected chi connectivity index (χ1v) is 11.5. The summed E-state index contributed by atoms with van der Waals surface area (Å²) in [7, 11) is 0. The van der Waals surface area contributed by atoms with Crippen molar-refractivity contribution in [3.63, 3.8) is 0 Å². The average Bonchev–Trinajstić information content (AvgIpc) is 3.46. The molecule has 0 aliphatic heterocycles. The van der Waals surface area contributed by atoms with Crippen molar-refractivity contribution >= 4 is 39.7 Å². The van der Waals surface area contributed by atoms with Gasteiger partial charge >= 0.3 is 0 Å². The van der Waals surface area contributed by atoms with Crippen LogP contribution in [0, 0.1) is 0 Å². The summed E-state index contributed by atoms with van der Waals surface area (Å²) >= 11 is 13.8. The smallest absolute Gasteiger partial charge is 0.184 e. The van der Waals surface area contributed by atoms with E-state index >= 15 is 0 Å². The van der Waals surface area contributed by atoms with Gasteiger partial charge in [0, 0.05) is 27.2 Å². The van der Waals surface area contributed by atoms with E-state index in [1.165, 1.54) is 0 Å². The molecule has 158 valence electrons. The number of anilines is 1. The Morgan fingerprint density at radius 3 is 2.34 bits per heavy atom. The summed E-state index contributed by atoms with van der Waals surface area (Å²) in [4.78, 5) is 5.95. The molecule has 5 aromatic rings. The molecule has 32 heavy (non-hydrogen) atoms. The minimum Gasteiger partial charge on any atom is -0.359 e. The van der Waals surface area contributed by atoms with Gasteiger partial charge in [-0.1, -0.05) is 94.3 Å². The number of rotatable bonds is 6. The van der Waals surface area contributed by atoms with E-state index in [1.807, 2.05) is 72.8 Å². The number of aromatic nitrogens is 2. The summed E-state index contributed by atoms with van der Waals surface area (Å²) in [5.74, 6) is 0.712. The fourth-order valence-electron chi connectivity index (χ4n) is 3.33. The van der Waals surface area contributed by atoms with Gasteiger partial charge in [-0.15, -0.1) is 0 Å². The lowest BCUT2D eigenvalue weighted by Crippen LogP contribution is -1.97. The Morgan fingerprint density at radius 1 is 0.781 bits per heavy atom. The zero-order valence-electron chi connectivity index (χ0n) is 16.8. The van der Waals surface area contributed by atoms with Crippen LogP contribution in [0.25, 0.3) is 33.0 Å². The van der Waals surface area contributed by atoms with Crippen LogP contribution in [0.15, 0.2) is 89.5 Å². The largest absolute Gasteiger partial charge is 0.359 e. The van der Waals surface area contributed by atoms with Gasteiger partial charge in [0.15, 0.2) is 10.9 Å². The maximum absolute atomic E-state index is 6.08. The molecule has 0 spiro atoms. The Bertz CT molecular complexity index is 1350. The van der Waals surface area contributed by atoms with Crippen LogP contribution < -0.4 is 5.32 Å². The van der Waals surface area contributed by atoms with E-state index in [0.29, 0.717) is 22.4 Å². The molecule has 3 aromatic carbocycles. The van der Waals surface area contributed by atoms with Crippen molar-refractivity contribution in [3.05, 3.63) is 101 Å². The number of benzene rings is 3. The number of thiazole rings is 1. The molecule has 0 aliphatic rings. The second kappa shape index (κ2) is 9.17. The van der Waals surface area contributed by atoms with Crippen LogP contribution in [0.2, 0.25) is 10.0 Å². The lowest BCUT2D eigenvalue weighted by Gasteiger charge is -2.02. The number of nitrogens with one attached hydrogen (secondary N) is 1. The Kier molecular flexibility index (Phi) is 5.95. The van der Waals surface area contributed by atoms with Gasteiger partial charge in [-0.2, -0.15) is 0 Å². The van der Waals surface area contributed by atoms with Crippen molar-refractivity contribution in [1.29, 1.82) is 0 Å². The van der Waals surface area contributed by atoms with Crippen LogP contribution in [0.4, 0.5) is 5.13 Å². The van der Waals surface area contributed by atoms with E-state index in [9.17, 15) is 0 Å². The van der Waals surface area contributed by atoms with Crippen molar-refractivity contribution < 1.29 is 4.52 Å². The van der Waals surface area contributed by atoms with E-state index in [0.717, 1.165) is 38.1 Å².